The Labute approximate surface area is 104 Å². The van der Waals surface area contributed by atoms with E-state index in [0.717, 1.165) is 18.2 Å². The quantitative estimate of drug-likeness (QED) is 0.666. The predicted molar refractivity (Wildman–Crippen MR) is 67.4 cm³/mol. The topological polar surface area (TPSA) is 52.9 Å². The molecule has 4 heteroatoms. The standard InChI is InChI=1S/C12H13BrN2O/c13-7-2-1-6-12(16)15-11-5-3-4-10(8-11)9-14/h3-5,8H,1-2,6-7H2,(H,15,16). The molecule has 84 valence electrons. The summed E-state index contributed by atoms with van der Waals surface area (Å²) in [6.45, 7) is 0. The minimum Gasteiger partial charge on any atom is -0.326 e. The molecule has 0 saturated heterocycles. The fraction of sp³-hybridized carbons (Fsp3) is 0.333. The van der Waals surface area contributed by atoms with E-state index in [1.165, 1.54) is 0 Å². The van der Waals surface area contributed by atoms with Crippen molar-refractivity contribution in [2.24, 2.45) is 0 Å². The molecule has 0 radical (unpaired) electrons. The van der Waals surface area contributed by atoms with Gasteiger partial charge in [-0.3, -0.25) is 4.79 Å². The van der Waals surface area contributed by atoms with Gasteiger partial charge >= 0.3 is 0 Å². The zero-order valence-electron chi connectivity index (χ0n) is 8.87. The Kier molecular flexibility index (Phi) is 5.58. The van der Waals surface area contributed by atoms with E-state index in [4.69, 9.17) is 5.26 Å². The van der Waals surface area contributed by atoms with Crippen LogP contribution in [0, 0.1) is 11.3 Å². The molecule has 0 aliphatic carbocycles. The van der Waals surface area contributed by atoms with Gasteiger partial charge in [-0.15, -0.1) is 0 Å². The van der Waals surface area contributed by atoms with Crippen LogP contribution in [0.2, 0.25) is 0 Å². The molecule has 0 fully saturated rings. The summed E-state index contributed by atoms with van der Waals surface area (Å²) in [6.07, 6.45) is 2.38. The van der Waals surface area contributed by atoms with Crippen LogP contribution in [0.15, 0.2) is 24.3 Å². The summed E-state index contributed by atoms with van der Waals surface area (Å²) < 4.78 is 0. The van der Waals surface area contributed by atoms with E-state index >= 15 is 0 Å². The molecule has 1 rings (SSSR count). The molecule has 1 aromatic rings. The van der Waals surface area contributed by atoms with Crippen molar-refractivity contribution in [3.63, 3.8) is 0 Å². The number of nitrogens with zero attached hydrogens (tertiary/aromatic N) is 1. The average Bonchev–Trinajstić information content (AvgIpc) is 2.29. The lowest BCUT2D eigenvalue weighted by Gasteiger charge is -2.04. The molecule has 16 heavy (non-hydrogen) atoms. The van der Waals surface area contributed by atoms with Crippen LogP contribution in [-0.4, -0.2) is 11.2 Å². The lowest BCUT2D eigenvalue weighted by Crippen LogP contribution is -2.11. The number of carbonyl (C=O) groups is 1. The number of nitrogens with one attached hydrogen (secondary N) is 1. The van der Waals surface area contributed by atoms with Gasteiger partial charge in [0.2, 0.25) is 5.91 Å². The first kappa shape index (κ1) is 12.7. The molecule has 0 saturated carbocycles. The average molecular weight is 281 g/mol. The summed E-state index contributed by atoms with van der Waals surface area (Å²) in [5.41, 5.74) is 1.24. The number of unbranched alkanes of at least 4 members (excludes halogenated alkanes) is 1. The molecule has 0 spiro atoms. The molecule has 0 unspecified atom stereocenters. The zero-order chi connectivity index (χ0) is 11.8. The summed E-state index contributed by atoms with van der Waals surface area (Å²) in [5.74, 6) is -0.00367. The number of halogens is 1. The maximum Gasteiger partial charge on any atom is 0.224 e. The molecular weight excluding hydrogens is 268 g/mol. The van der Waals surface area contributed by atoms with Crippen molar-refractivity contribution < 1.29 is 4.79 Å². The third kappa shape index (κ3) is 4.45. The van der Waals surface area contributed by atoms with E-state index < -0.39 is 0 Å². The second-order valence-electron chi connectivity index (χ2n) is 3.39. The Hall–Kier alpha value is -1.34. The number of benzene rings is 1. The minimum absolute atomic E-state index is 0.00367. The Morgan fingerprint density at radius 2 is 2.25 bits per heavy atom. The number of alkyl halides is 1. The van der Waals surface area contributed by atoms with E-state index in [-0.39, 0.29) is 5.91 Å². The SMILES string of the molecule is N#Cc1cccc(NC(=O)CCCCBr)c1. The van der Waals surface area contributed by atoms with Gasteiger partial charge in [0.05, 0.1) is 11.6 Å². The highest BCUT2D eigenvalue weighted by atomic mass is 79.9. The largest absolute Gasteiger partial charge is 0.326 e. The monoisotopic (exact) mass is 280 g/mol. The molecule has 0 atom stereocenters. The molecule has 1 N–H and O–H groups in total. The van der Waals surface area contributed by atoms with Crippen molar-refractivity contribution >= 4 is 27.5 Å². The maximum absolute atomic E-state index is 11.5. The van der Waals surface area contributed by atoms with Gasteiger partial charge in [0.25, 0.3) is 0 Å². The predicted octanol–water partition coefficient (Wildman–Crippen LogP) is 3.06. The highest BCUT2D eigenvalue weighted by molar-refractivity contribution is 9.09. The number of amides is 1. The molecule has 1 amide bonds. The number of rotatable bonds is 5. The van der Waals surface area contributed by atoms with E-state index in [0.29, 0.717) is 17.7 Å². The maximum atomic E-state index is 11.5. The van der Waals surface area contributed by atoms with Crippen molar-refractivity contribution in [1.29, 1.82) is 5.26 Å². The van der Waals surface area contributed by atoms with E-state index in [1.807, 2.05) is 6.07 Å². The van der Waals surface area contributed by atoms with Crippen LogP contribution in [0.1, 0.15) is 24.8 Å². The molecule has 1 aromatic carbocycles. The van der Waals surface area contributed by atoms with E-state index in [1.54, 1.807) is 24.3 Å². The van der Waals surface area contributed by atoms with Gasteiger partial charge in [-0.2, -0.15) is 5.26 Å². The lowest BCUT2D eigenvalue weighted by molar-refractivity contribution is -0.116. The molecule has 3 nitrogen and oxygen atoms in total. The smallest absolute Gasteiger partial charge is 0.224 e. The fourth-order valence-corrected chi connectivity index (χ4v) is 1.67. The Bertz CT molecular complexity index is 398. The van der Waals surface area contributed by atoms with Crippen molar-refractivity contribution in [2.75, 3.05) is 10.6 Å². The Morgan fingerprint density at radius 1 is 1.44 bits per heavy atom. The van der Waals surface area contributed by atoms with Crippen LogP contribution in [-0.2, 0) is 4.79 Å². The fourth-order valence-electron chi connectivity index (χ4n) is 1.27. The van der Waals surface area contributed by atoms with Crippen molar-refractivity contribution in [2.45, 2.75) is 19.3 Å². The van der Waals surface area contributed by atoms with Crippen molar-refractivity contribution in [3.8, 4) is 6.07 Å². The summed E-state index contributed by atoms with van der Waals surface area (Å²) in [7, 11) is 0. The zero-order valence-corrected chi connectivity index (χ0v) is 10.5. The number of hydrogen-bond donors (Lipinski definition) is 1. The Morgan fingerprint density at radius 3 is 2.94 bits per heavy atom. The highest BCUT2D eigenvalue weighted by Gasteiger charge is 2.02. The van der Waals surface area contributed by atoms with Gasteiger partial charge in [-0.25, -0.2) is 0 Å². The van der Waals surface area contributed by atoms with Gasteiger partial charge in [-0.1, -0.05) is 22.0 Å². The second-order valence-corrected chi connectivity index (χ2v) is 4.18. The summed E-state index contributed by atoms with van der Waals surface area (Å²) >= 11 is 3.32. The molecule has 0 heterocycles. The van der Waals surface area contributed by atoms with Crippen molar-refractivity contribution in [1.82, 2.24) is 0 Å². The van der Waals surface area contributed by atoms with Crippen LogP contribution < -0.4 is 5.32 Å². The first-order valence-electron chi connectivity index (χ1n) is 5.12. The summed E-state index contributed by atoms with van der Waals surface area (Å²) in [4.78, 5) is 11.5. The normalized spacial score (nSPS) is 9.50. The van der Waals surface area contributed by atoms with Gasteiger partial charge < -0.3 is 5.32 Å². The molecule has 0 bridgehead atoms. The number of hydrogen-bond acceptors (Lipinski definition) is 2. The number of carbonyl (C=O) groups excluding carboxylic acids is 1. The summed E-state index contributed by atoms with van der Waals surface area (Å²) in [5, 5.41) is 12.4. The molecular formula is C12H13BrN2O. The third-order valence-electron chi connectivity index (χ3n) is 2.06. The van der Waals surface area contributed by atoms with Gasteiger partial charge in [-0.05, 0) is 31.0 Å². The van der Waals surface area contributed by atoms with E-state index in [9.17, 15) is 4.79 Å². The molecule has 0 aromatic heterocycles. The van der Waals surface area contributed by atoms with Crippen LogP contribution in [0.3, 0.4) is 0 Å². The highest BCUT2D eigenvalue weighted by Crippen LogP contribution is 2.10. The van der Waals surface area contributed by atoms with Crippen LogP contribution >= 0.6 is 15.9 Å². The van der Waals surface area contributed by atoms with Crippen LogP contribution in [0.4, 0.5) is 5.69 Å². The van der Waals surface area contributed by atoms with Crippen molar-refractivity contribution in [3.05, 3.63) is 29.8 Å². The Balaban J connectivity index is 2.47. The summed E-state index contributed by atoms with van der Waals surface area (Å²) in [6, 6.07) is 8.95. The molecule has 0 aliphatic heterocycles. The van der Waals surface area contributed by atoms with E-state index in [2.05, 4.69) is 21.2 Å². The first-order chi connectivity index (χ1) is 7.76. The molecule has 0 aliphatic rings. The number of nitriles is 1. The minimum atomic E-state index is -0.00367. The van der Waals surface area contributed by atoms with Gasteiger partial charge in [0, 0.05) is 17.4 Å². The first-order valence-corrected chi connectivity index (χ1v) is 6.24. The van der Waals surface area contributed by atoms with Gasteiger partial charge in [0.15, 0.2) is 0 Å². The van der Waals surface area contributed by atoms with Crippen LogP contribution in [0.5, 0.6) is 0 Å². The number of anilines is 1. The second kappa shape index (κ2) is 7.02. The third-order valence-corrected chi connectivity index (χ3v) is 2.62. The van der Waals surface area contributed by atoms with Crippen LogP contribution in [0.25, 0.3) is 0 Å². The lowest BCUT2D eigenvalue weighted by atomic mass is 10.2. The van der Waals surface area contributed by atoms with Gasteiger partial charge in [0.1, 0.15) is 0 Å².